The van der Waals surface area contributed by atoms with E-state index >= 15 is 0 Å². The van der Waals surface area contributed by atoms with Crippen molar-refractivity contribution in [2.45, 2.75) is 25.8 Å². The number of hydrogen-bond acceptors (Lipinski definition) is 3. The molecule has 1 N–H and O–H groups in total. The first-order chi connectivity index (χ1) is 9.14. The molecule has 3 nitrogen and oxygen atoms in total. The number of nitrogens with one attached hydrogen (secondary N) is 1. The molecule has 100 valence electrons. The smallest absolute Gasteiger partial charge is 0.0703 e. The summed E-state index contributed by atoms with van der Waals surface area (Å²) >= 11 is 0. The van der Waals surface area contributed by atoms with Gasteiger partial charge in [-0.15, -0.1) is 0 Å². The van der Waals surface area contributed by atoms with Crippen molar-refractivity contribution in [1.82, 2.24) is 10.3 Å². The number of pyridine rings is 1. The lowest BCUT2D eigenvalue weighted by Gasteiger charge is -2.31. The molecule has 1 saturated heterocycles. The maximum Gasteiger partial charge on any atom is 0.0703 e. The largest absolute Gasteiger partial charge is 0.368 e. The van der Waals surface area contributed by atoms with Crippen LogP contribution in [-0.2, 0) is 0 Å². The van der Waals surface area contributed by atoms with Crippen molar-refractivity contribution in [2.24, 2.45) is 0 Å². The lowest BCUT2D eigenvalue weighted by molar-refractivity contribution is 0.416. The molecule has 2 heterocycles. The van der Waals surface area contributed by atoms with Crippen molar-refractivity contribution in [3.8, 4) is 0 Å². The van der Waals surface area contributed by atoms with Gasteiger partial charge in [-0.1, -0.05) is 18.2 Å². The van der Waals surface area contributed by atoms with Gasteiger partial charge in [-0.05, 0) is 38.9 Å². The molecule has 3 heteroatoms. The minimum atomic E-state index is 0.155. The highest BCUT2D eigenvalue weighted by atomic mass is 15.2. The summed E-state index contributed by atoms with van der Waals surface area (Å²) in [5, 5.41) is 4.81. The van der Waals surface area contributed by atoms with Gasteiger partial charge in [-0.3, -0.25) is 4.98 Å². The topological polar surface area (TPSA) is 28.2 Å². The molecule has 0 spiro atoms. The molecule has 0 radical (unpaired) electrons. The van der Waals surface area contributed by atoms with E-state index in [1.54, 1.807) is 0 Å². The fourth-order valence-electron chi connectivity index (χ4n) is 2.76. The number of rotatable bonds is 1. The lowest BCUT2D eigenvalue weighted by Crippen LogP contribution is -2.46. The first kappa shape index (κ1) is 12.4. The number of para-hydroxylation sites is 1. The molecule has 0 aliphatic carbocycles. The van der Waals surface area contributed by atoms with Gasteiger partial charge in [0.05, 0.1) is 17.4 Å². The second-order valence-electron chi connectivity index (χ2n) is 5.97. The third-order valence-electron chi connectivity index (χ3n) is 3.74. The molecular formula is C16H21N3. The van der Waals surface area contributed by atoms with E-state index in [2.05, 4.69) is 53.3 Å². The molecule has 1 fully saturated rings. The molecule has 0 saturated carbocycles. The van der Waals surface area contributed by atoms with Crippen LogP contribution in [0.3, 0.4) is 0 Å². The minimum absolute atomic E-state index is 0.155. The molecule has 2 aromatic rings. The van der Waals surface area contributed by atoms with Crippen molar-refractivity contribution >= 4 is 16.6 Å². The average Bonchev–Trinajstić information content (AvgIpc) is 2.59. The summed E-state index contributed by atoms with van der Waals surface area (Å²) < 4.78 is 0. The van der Waals surface area contributed by atoms with E-state index in [4.69, 9.17) is 0 Å². The molecule has 1 aliphatic rings. The van der Waals surface area contributed by atoms with E-state index in [-0.39, 0.29) is 5.54 Å². The fraction of sp³-hybridized carbons (Fsp3) is 0.438. The third kappa shape index (κ3) is 2.71. The predicted octanol–water partition coefficient (Wildman–Crippen LogP) is 2.81. The van der Waals surface area contributed by atoms with Crippen LogP contribution in [0.25, 0.3) is 10.9 Å². The summed E-state index contributed by atoms with van der Waals surface area (Å²) in [6.45, 7) is 7.73. The Kier molecular flexibility index (Phi) is 3.15. The lowest BCUT2D eigenvalue weighted by atomic mass is 10.1. The van der Waals surface area contributed by atoms with Gasteiger partial charge in [-0.2, -0.15) is 0 Å². The summed E-state index contributed by atoms with van der Waals surface area (Å²) in [4.78, 5) is 7.02. The van der Waals surface area contributed by atoms with Gasteiger partial charge in [0.15, 0.2) is 0 Å². The quantitative estimate of drug-likeness (QED) is 0.849. The zero-order valence-corrected chi connectivity index (χ0v) is 11.7. The molecule has 0 amide bonds. The summed E-state index contributed by atoms with van der Waals surface area (Å²) in [6.07, 6.45) is 3.18. The van der Waals surface area contributed by atoms with Gasteiger partial charge in [0.2, 0.25) is 0 Å². The summed E-state index contributed by atoms with van der Waals surface area (Å²) in [7, 11) is 0. The van der Waals surface area contributed by atoms with Gasteiger partial charge >= 0.3 is 0 Å². The second-order valence-corrected chi connectivity index (χ2v) is 5.97. The monoisotopic (exact) mass is 255 g/mol. The molecule has 1 aromatic carbocycles. The Morgan fingerprint density at radius 2 is 2.11 bits per heavy atom. The molecule has 1 aliphatic heterocycles. The van der Waals surface area contributed by atoms with Crippen LogP contribution in [-0.4, -0.2) is 30.2 Å². The van der Waals surface area contributed by atoms with Crippen molar-refractivity contribution in [3.63, 3.8) is 0 Å². The van der Waals surface area contributed by atoms with E-state index in [1.165, 1.54) is 17.5 Å². The van der Waals surface area contributed by atoms with Crippen LogP contribution in [0.15, 0.2) is 36.5 Å². The van der Waals surface area contributed by atoms with E-state index in [9.17, 15) is 0 Å². The highest BCUT2D eigenvalue weighted by molar-refractivity contribution is 5.81. The number of anilines is 1. The number of benzene rings is 1. The Labute approximate surface area is 114 Å². The van der Waals surface area contributed by atoms with Crippen LogP contribution in [0.1, 0.15) is 20.3 Å². The summed E-state index contributed by atoms with van der Waals surface area (Å²) in [6, 6.07) is 10.6. The maximum atomic E-state index is 4.57. The van der Waals surface area contributed by atoms with Crippen LogP contribution in [0.5, 0.6) is 0 Å². The molecule has 0 bridgehead atoms. The van der Waals surface area contributed by atoms with Crippen LogP contribution in [0.4, 0.5) is 5.69 Å². The highest BCUT2D eigenvalue weighted by Crippen LogP contribution is 2.22. The normalized spacial score (nSPS) is 19.4. The Balaban J connectivity index is 1.94. The second kappa shape index (κ2) is 4.82. The van der Waals surface area contributed by atoms with Crippen LogP contribution < -0.4 is 10.2 Å². The fourth-order valence-corrected chi connectivity index (χ4v) is 2.76. The molecule has 0 unspecified atom stereocenters. The third-order valence-corrected chi connectivity index (χ3v) is 3.74. The van der Waals surface area contributed by atoms with Crippen LogP contribution in [0.2, 0.25) is 0 Å². The number of nitrogens with zero attached hydrogens (tertiary/aromatic N) is 2. The molecule has 19 heavy (non-hydrogen) atoms. The van der Waals surface area contributed by atoms with Crippen molar-refractivity contribution in [1.29, 1.82) is 0 Å². The van der Waals surface area contributed by atoms with Gasteiger partial charge in [-0.25, -0.2) is 0 Å². The Bertz CT molecular complexity index is 577. The number of aromatic nitrogens is 1. The van der Waals surface area contributed by atoms with E-state index in [0.29, 0.717) is 0 Å². The van der Waals surface area contributed by atoms with Gasteiger partial charge < -0.3 is 10.2 Å². The summed E-state index contributed by atoms with van der Waals surface area (Å²) in [5.41, 5.74) is 2.45. The number of hydrogen-bond donors (Lipinski definition) is 1. The van der Waals surface area contributed by atoms with E-state index < -0.39 is 0 Å². The zero-order chi connectivity index (χ0) is 13.3. The maximum absolute atomic E-state index is 4.57. The molecule has 3 rings (SSSR count). The molecule has 0 atom stereocenters. The molecular weight excluding hydrogens is 234 g/mol. The van der Waals surface area contributed by atoms with Crippen molar-refractivity contribution in [3.05, 3.63) is 36.5 Å². The Morgan fingerprint density at radius 3 is 3.00 bits per heavy atom. The van der Waals surface area contributed by atoms with Crippen LogP contribution >= 0.6 is 0 Å². The van der Waals surface area contributed by atoms with Gasteiger partial charge in [0, 0.05) is 24.0 Å². The highest BCUT2D eigenvalue weighted by Gasteiger charge is 2.24. The first-order valence-electron chi connectivity index (χ1n) is 6.99. The standard InChI is InChI=1S/C16H21N3/c1-16(2)12-19(9-5-8-18-16)14-10-13-6-3-4-7-15(13)17-11-14/h3-4,6-7,10-11,18H,5,8-9,12H2,1-2H3. The van der Waals surface area contributed by atoms with Crippen molar-refractivity contribution in [2.75, 3.05) is 24.5 Å². The Morgan fingerprint density at radius 1 is 1.26 bits per heavy atom. The SMILES string of the molecule is CC1(C)CN(c2cnc3ccccc3c2)CCCN1. The van der Waals surface area contributed by atoms with E-state index in [1.807, 2.05) is 12.3 Å². The van der Waals surface area contributed by atoms with Gasteiger partial charge in [0.1, 0.15) is 0 Å². The first-order valence-corrected chi connectivity index (χ1v) is 6.99. The zero-order valence-electron chi connectivity index (χ0n) is 11.7. The van der Waals surface area contributed by atoms with Gasteiger partial charge in [0.25, 0.3) is 0 Å². The molecule has 1 aromatic heterocycles. The summed E-state index contributed by atoms with van der Waals surface area (Å²) in [5.74, 6) is 0. The average molecular weight is 255 g/mol. The van der Waals surface area contributed by atoms with Crippen LogP contribution in [0, 0.1) is 0 Å². The van der Waals surface area contributed by atoms with E-state index in [0.717, 1.165) is 25.2 Å². The Hall–Kier alpha value is -1.61. The van der Waals surface area contributed by atoms with Crippen molar-refractivity contribution < 1.29 is 0 Å². The minimum Gasteiger partial charge on any atom is -0.368 e. The predicted molar refractivity (Wildman–Crippen MR) is 80.7 cm³/mol. The number of fused-ring (bicyclic) bond motifs is 1.